The molecule has 1 N–H and O–H groups in total. The summed E-state index contributed by atoms with van der Waals surface area (Å²) in [6.07, 6.45) is 0.885. The van der Waals surface area contributed by atoms with Gasteiger partial charge in [-0.1, -0.05) is 0 Å². The third-order valence-electron chi connectivity index (χ3n) is 3.88. The number of likely N-dealkylation sites (tertiary alicyclic amines) is 1. The molecule has 118 valence electrons. The van der Waals surface area contributed by atoms with Gasteiger partial charge >= 0.3 is 6.09 Å². The average Bonchev–Trinajstić information content (AvgIpc) is 3.20. The number of carbonyl (C=O) groups is 3. The summed E-state index contributed by atoms with van der Waals surface area (Å²) in [6.45, 7) is 0.334. The highest BCUT2D eigenvalue weighted by Crippen LogP contribution is 2.23. The SMILES string of the molecule is O=C(c1cc(-c2ccco2)[nH]n1)N1CC(N2C(=O)COC2=O)C1. The smallest absolute Gasteiger partial charge is 0.417 e. The molecule has 0 aliphatic carbocycles. The highest BCUT2D eigenvalue weighted by molar-refractivity contribution is 5.99. The zero-order valence-electron chi connectivity index (χ0n) is 11.9. The van der Waals surface area contributed by atoms with Crippen molar-refractivity contribution < 1.29 is 23.5 Å². The molecule has 9 nitrogen and oxygen atoms in total. The lowest BCUT2D eigenvalue weighted by atomic mass is 10.1. The fourth-order valence-corrected chi connectivity index (χ4v) is 2.65. The predicted octanol–water partition coefficient (Wildman–Crippen LogP) is 0.473. The van der Waals surface area contributed by atoms with E-state index in [1.807, 2.05) is 0 Å². The maximum atomic E-state index is 12.3. The van der Waals surface area contributed by atoms with Gasteiger partial charge in [-0.05, 0) is 12.1 Å². The summed E-state index contributed by atoms with van der Waals surface area (Å²) in [5.41, 5.74) is 0.860. The molecule has 2 aliphatic heterocycles. The van der Waals surface area contributed by atoms with Gasteiger partial charge in [-0.25, -0.2) is 9.69 Å². The normalized spacial score (nSPS) is 18.3. The number of cyclic esters (lactones) is 1. The Bertz CT molecular complexity index is 759. The van der Waals surface area contributed by atoms with E-state index in [9.17, 15) is 14.4 Å². The van der Waals surface area contributed by atoms with Crippen LogP contribution in [-0.4, -0.2) is 63.6 Å². The zero-order chi connectivity index (χ0) is 16.0. The summed E-state index contributed by atoms with van der Waals surface area (Å²) in [5, 5.41) is 6.72. The summed E-state index contributed by atoms with van der Waals surface area (Å²) in [6, 6.07) is 4.77. The van der Waals surface area contributed by atoms with Gasteiger partial charge in [0.25, 0.3) is 11.8 Å². The van der Waals surface area contributed by atoms with Crippen LogP contribution in [0.2, 0.25) is 0 Å². The minimum Gasteiger partial charge on any atom is -0.463 e. The Labute approximate surface area is 129 Å². The lowest BCUT2D eigenvalue weighted by Gasteiger charge is -2.41. The van der Waals surface area contributed by atoms with Crippen LogP contribution in [0.15, 0.2) is 28.9 Å². The highest BCUT2D eigenvalue weighted by Gasteiger charge is 2.44. The maximum Gasteiger partial charge on any atom is 0.417 e. The second-order valence-corrected chi connectivity index (χ2v) is 5.33. The van der Waals surface area contributed by atoms with Gasteiger partial charge in [-0.3, -0.25) is 14.7 Å². The van der Waals surface area contributed by atoms with Crippen molar-refractivity contribution in [1.29, 1.82) is 0 Å². The summed E-state index contributed by atoms with van der Waals surface area (Å²) < 4.78 is 9.90. The molecule has 0 atom stereocenters. The fourth-order valence-electron chi connectivity index (χ4n) is 2.65. The van der Waals surface area contributed by atoms with Crippen molar-refractivity contribution in [1.82, 2.24) is 20.0 Å². The topological polar surface area (TPSA) is 109 Å². The number of imide groups is 1. The van der Waals surface area contributed by atoms with Gasteiger partial charge in [0.15, 0.2) is 18.1 Å². The molecule has 0 saturated carbocycles. The lowest BCUT2D eigenvalue weighted by Crippen LogP contribution is -2.62. The van der Waals surface area contributed by atoms with E-state index in [-0.39, 0.29) is 43.2 Å². The Balaban J connectivity index is 1.42. The lowest BCUT2D eigenvalue weighted by molar-refractivity contribution is -0.129. The number of nitrogens with one attached hydrogen (secondary N) is 1. The van der Waals surface area contributed by atoms with Gasteiger partial charge in [-0.2, -0.15) is 5.10 Å². The van der Waals surface area contributed by atoms with E-state index in [0.29, 0.717) is 11.5 Å². The van der Waals surface area contributed by atoms with Crippen molar-refractivity contribution in [2.24, 2.45) is 0 Å². The largest absolute Gasteiger partial charge is 0.463 e. The Kier molecular flexibility index (Phi) is 2.93. The molecule has 4 heterocycles. The monoisotopic (exact) mass is 316 g/mol. The van der Waals surface area contributed by atoms with Crippen LogP contribution in [0.1, 0.15) is 10.5 Å². The van der Waals surface area contributed by atoms with Crippen LogP contribution in [0, 0.1) is 0 Å². The second kappa shape index (κ2) is 4.97. The van der Waals surface area contributed by atoms with Gasteiger partial charge in [-0.15, -0.1) is 0 Å². The predicted molar refractivity (Wildman–Crippen MR) is 74.2 cm³/mol. The molecule has 0 spiro atoms. The Morgan fingerprint density at radius 2 is 2.17 bits per heavy atom. The molecule has 23 heavy (non-hydrogen) atoms. The second-order valence-electron chi connectivity index (χ2n) is 5.33. The van der Waals surface area contributed by atoms with E-state index >= 15 is 0 Å². The number of hydrogen-bond acceptors (Lipinski definition) is 6. The first kappa shape index (κ1) is 13.6. The number of hydrogen-bond donors (Lipinski definition) is 1. The fraction of sp³-hybridized carbons (Fsp3) is 0.286. The van der Waals surface area contributed by atoms with Crippen molar-refractivity contribution in [3.8, 4) is 11.5 Å². The molecule has 2 aromatic rings. The molecule has 2 fully saturated rings. The standard InChI is InChI=1S/C14H12N4O5/c19-12-7-23-14(21)18(12)8-5-17(6-8)13(20)10-4-9(15-16-10)11-2-1-3-22-11/h1-4,8H,5-7H2,(H,15,16). The highest BCUT2D eigenvalue weighted by atomic mass is 16.6. The van der Waals surface area contributed by atoms with E-state index in [4.69, 9.17) is 4.42 Å². The van der Waals surface area contributed by atoms with Crippen molar-refractivity contribution in [3.05, 3.63) is 30.2 Å². The van der Waals surface area contributed by atoms with Crippen LogP contribution >= 0.6 is 0 Å². The number of aromatic nitrogens is 2. The minimum atomic E-state index is -0.646. The summed E-state index contributed by atoms with van der Waals surface area (Å²) in [4.78, 5) is 37.9. The van der Waals surface area contributed by atoms with E-state index in [2.05, 4.69) is 14.9 Å². The number of rotatable bonds is 3. The molecule has 0 bridgehead atoms. The zero-order valence-corrected chi connectivity index (χ0v) is 11.9. The molecule has 0 unspecified atom stereocenters. The van der Waals surface area contributed by atoms with Crippen LogP contribution in [0.3, 0.4) is 0 Å². The number of aromatic amines is 1. The molecule has 2 aliphatic rings. The quantitative estimate of drug-likeness (QED) is 0.882. The van der Waals surface area contributed by atoms with Crippen molar-refractivity contribution >= 4 is 17.9 Å². The number of carbonyl (C=O) groups excluding carboxylic acids is 3. The first-order chi connectivity index (χ1) is 11.1. The van der Waals surface area contributed by atoms with Gasteiger partial charge in [0.05, 0.1) is 12.3 Å². The molecule has 2 aromatic heterocycles. The average molecular weight is 316 g/mol. The van der Waals surface area contributed by atoms with Gasteiger partial charge < -0.3 is 14.1 Å². The third kappa shape index (κ3) is 2.17. The van der Waals surface area contributed by atoms with E-state index < -0.39 is 6.09 Å². The number of ether oxygens (including phenoxy) is 1. The Hall–Kier alpha value is -3.10. The first-order valence-electron chi connectivity index (χ1n) is 7.01. The number of furan rings is 1. The van der Waals surface area contributed by atoms with E-state index in [0.717, 1.165) is 4.90 Å². The molecule has 9 heteroatoms. The third-order valence-corrected chi connectivity index (χ3v) is 3.88. The maximum absolute atomic E-state index is 12.3. The van der Waals surface area contributed by atoms with Crippen molar-refractivity contribution in [3.63, 3.8) is 0 Å². The first-order valence-corrected chi connectivity index (χ1v) is 7.01. The van der Waals surface area contributed by atoms with Crippen LogP contribution < -0.4 is 0 Å². The summed E-state index contributed by atoms with van der Waals surface area (Å²) in [5.74, 6) is -0.0502. The van der Waals surface area contributed by atoms with E-state index in [1.54, 1.807) is 18.2 Å². The summed E-state index contributed by atoms with van der Waals surface area (Å²) >= 11 is 0. The minimum absolute atomic E-state index is 0.227. The van der Waals surface area contributed by atoms with Crippen LogP contribution in [-0.2, 0) is 9.53 Å². The Morgan fingerprint density at radius 3 is 2.83 bits per heavy atom. The molecule has 2 saturated heterocycles. The Morgan fingerprint density at radius 1 is 1.35 bits per heavy atom. The van der Waals surface area contributed by atoms with Crippen molar-refractivity contribution in [2.75, 3.05) is 19.7 Å². The van der Waals surface area contributed by atoms with Crippen LogP contribution in [0.4, 0.5) is 4.79 Å². The van der Waals surface area contributed by atoms with Crippen LogP contribution in [0.25, 0.3) is 11.5 Å². The summed E-state index contributed by atoms with van der Waals surface area (Å²) in [7, 11) is 0. The van der Waals surface area contributed by atoms with Gasteiger partial charge in [0.1, 0.15) is 5.69 Å². The molecule has 0 aromatic carbocycles. The molecular formula is C14H12N4O5. The van der Waals surface area contributed by atoms with Crippen LogP contribution in [0.5, 0.6) is 0 Å². The molecular weight excluding hydrogens is 304 g/mol. The number of amides is 3. The molecule has 3 amide bonds. The number of H-pyrrole nitrogens is 1. The molecule has 0 radical (unpaired) electrons. The van der Waals surface area contributed by atoms with Gasteiger partial charge in [0, 0.05) is 19.2 Å². The van der Waals surface area contributed by atoms with Gasteiger partial charge in [0.2, 0.25) is 0 Å². The molecule has 4 rings (SSSR count). The number of nitrogens with zero attached hydrogens (tertiary/aromatic N) is 3. The van der Waals surface area contributed by atoms with Crippen molar-refractivity contribution in [2.45, 2.75) is 6.04 Å². The van der Waals surface area contributed by atoms with E-state index in [1.165, 1.54) is 11.2 Å².